The van der Waals surface area contributed by atoms with Crippen LogP contribution in [0.2, 0.25) is 0 Å². The Morgan fingerprint density at radius 2 is 1.84 bits per heavy atom. The molecule has 0 unspecified atom stereocenters. The molecule has 1 amide bonds. The molecule has 4 nitrogen and oxygen atoms in total. The van der Waals surface area contributed by atoms with E-state index in [1.807, 2.05) is 42.5 Å². The molecule has 19 heavy (non-hydrogen) atoms. The molecule has 4 heteroatoms. The van der Waals surface area contributed by atoms with Crippen LogP contribution < -0.4 is 11.1 Å². The van der Waals surface area contributed by atoms with Crippen LogP contribution in [0.15, 0.2) is 54.9 Å². The van der Waals surface area contributed by atoms with Crippen molar-refractivity contribution in [3.8, 4) is 0 Å². The van der Waals surface area contributed by atoms with Gasteiger partial charge in [0, 0.05) is 25.5 Å². The third kappa shape index (κ3) is 3.63. The SMILES string of the molecule is NC[C@H](C(=O)NCc1ccccc1)c1ccncc1. The summed E-state index contributed by atoms with van der Waals surface area (Å²) in [5.74, 6) is -0.385. The summed E-state index contributed by atoms with van der Waals surface area (Å²) in [4.78, 5) is 16.1. The largest absolute Gasteiger partial charge is 0.351 e. The summed E-state index contributed by atoms with van der Waals surface area (Å²) in [6, 6.07) is 13.4. The fourth-order valence-electron chi connectivity index (χ4n) is 1.90. The lowest BCUT2D eigenvalue weighted by Gasteiger charge is -2.15. The normalized spacial score (nSPS) is 11.8. The van der Waals surface area contributed by atoms with E-state index in [0.717, 1.165) is 11.1 Å². The minimum Gasteiger partial charge on any atom is -0.351 e. The standard InChI is InChI=1S/C15H17N3O/c16-10-14(13-6-8-17-9-7-13)15(19)18-11-12-4-2-1-3-5-12/h1-9,14H,10-11,16H2,(H,18,19)/t14-/m0/s1. The molecule has 3 N–H and O–H groups in total. The third-order valence-electron chi connectivity index (χ3n) is 2.97. The minimum atomic E-state index is -0.327. The summed E-state index contributed by atoms with van der Waals surface area (Å²) >= 11 is 0. The zero-order chi connectivity index (χ0) is 13.5. The summed E-state index contributed by atoms with van der Waals surface area (Å²) in [5.41, 5.74) is 7.66. The highest BCUT2D eigenvalue weighted by Gasteiger charge is 2.18. The van der Waals surface area contributed by atoms with E-state index in [4.69, 9.17) is 5.73 Å². The second kappa shape index (κ2) is 6.66. The van der Waals surface area contributed by atoms with Crippen molar-refractivity contribution in [2.45, 2.75) is 12.5 Å². The van der Waals surface area contributed by atoms with E-state index in [0.29, 0.717) is 6.54 Å². The molecule has 98 valence electrons. The van der Waals surface area contributed by atoms with Gasteiger partial charge in [-0.3, -0.25) is 9.78 Å². The number of hydrogen-bond donors (Lipinski definition) is 2. The van der Waals surface area contributed by atoms with Gasteiger partial charge in [-0.05, 0) is 23.3 Å². The fraction of sp³-hybridized carbons (Fsp3) is 0.200. The van der Waals surface area contributed by atoms with Crippen molar-refractivity contribution < 1.29 is 4.79 Å². The number of carbonyl (C=O) groups is 1. The molecular weight excluding hydrogens is 238 g/mol. The molecule has 0 fully saturated rings. The van der Waals surface area contributed by atoms with Crippen molar-refractivity contribution in [1.29, 1.82) is 0 Å². The molecule has 2 rings (SSSR count). The predicted octanol–water partition coefficient (Wildman–Crippen LogP) is 1.44. The van der Waals surface area contributed by atoms with Gasteiger partial charge in [0.1, 0.15) is 0 Å². The molecule has 1 aromatic heterocycles. The number of rotatable bonds is 5. The molecule has 0 aliphatic rings. The number of pyridine rings is 1. The average molecular weight is 255 g/mol. The van der Waals surface area contributed by atoms with Crippen LogP contribution in [0.4, 0.5) is 0 Å². The van der Waals surface area contributed by atoms with E-state index < -0.39 is 0 Å². The Balaban J connectivity index is 1.98. The van der Waals surface area contributed by atoms with Gasteiger partial charge in [0.15, 0.2) is 0 Å². The maximum absolute atomic E-state index is 12.1. The van der Waals surface area contributed by atoms with Crippen LogP contribution in [0.25, 0.3) is 0 Å². The van der Waals surface area contributed by atoms with Gasteiger partial charge in [-0.1, -0.05) is 30.3 Å². The van der Waals surface area contributed by atoms with Gasteiger partial charge in [-0.25, -0.2) is 0 Å². The third-order valence-corrected chi connectivity index (χ3v) is 2.97. The quantitative estimate of drug-likeness (QED) is 0.849. The Morgan fingerprint density at radius 1 is 1.16 bits per heavy atom. The summed E-state index contributed by atoms with van der Waals surface area (Å²) in [5, 5.41) is 2.91. The van der Waals surface area contributed by atoms with Crippen molar-refractivity contribution in [1.82, 2.24) is 10.3 Å². The predicted molar refractivity (Wildman–Crippen MR) is 74.3 cm³/mol. The van der Waals surface area contributed by atoms with Crippen LogP contribution in [-0.2, 0) is 11.3 Å². The first-order valence-corrected chi connectivity index (χ1v) is 6.23. The van der Waals surface area contributed by atoms with Crippen molar-refractivity contribution >= 4 is 5.91 Å². The molecule has 0 saturated carbocycles. The number of nitrogens with zero attached hydrogens (tertiary/aromatic N) is 1. The van der Waals surface area contributed by atoms with Crippen LogP contribution in [0.5, 0.6) is 0 Å². The zero-order valence-electron chi connectivity index (χ0n) is 10.6. The van der Waals surface area contributed by atoms with Crippen LogP contribution in [0, 0.1) is 0 Å². The smallest absolute Gasteiger partial charge is 0.229 e. The molecule has 0 bridgehead atoms. The highest BCUT2D eigenvalue weighted by atomic mass is 16.1. The molecule has 2 aromatic rings. The van der Waals surface area contributed by atoms with Gasteiger partial charge in [-0.15, -0.1) is 0 Å². The van der Waals surface area contributed by atoms with Crippen LogP contribution >= 0.6 is 0 Å². The van der Waals surface area contributed by atoms with E-state index in [1.165, 1.54) is 0 Å². The first-order chi connectivity index (χ1) is 9.31. The lowest BCUT2D eigenvalue weighted by molar-refractivity contribution is -0.122. The molecular formula is C15H17N3O. The maximum Gasteiger partial charge on any atom is 0.229 e. The number of amides is 1. The number of nitrogens with one attached hydrogen (secondary N) is 1. The van der Waals surface area contributed by atoms with Crippen molar-refractivity contribution in [3.05, 3.63) is 66.0 Å². The van der Waals surface area contributed by atoms with E-state index in [2.05, 4.69) is 10.3 Å². The molecule has 1 aromatic carbocycles. The van der Waals surface area contributed by atoms with Crippen LogP contribution in [0.1, 0.15) is 17.0 Å². The maximum atomic E-state index is 12.1. The van der Waals surface area contributed by atoms with Gasteiger partial charge < -0.3 is 11.1 Å². The van der Waals surface area contributed by atoms with Gasteiger partial charge in [0.25, 0.3) is 0 Å². The minimum absolute atomic E-state index is 0.0578. The molecule has 0 radical (unpaired) electrons. The second-order valence-electron chi connectivity index (χ2n) is 4.27. The Kier molecular flexibility index (Phi) is 4.64. The Hall–Kier alpha value is -2.20. The topological polar surface area (TPSA) is 68.0 Å². The first kappa shape index (κ1) is 13.2. The molecule has 0 spiro atoms. The molecule has 1 heterocycles. The van der Waals surface area contributed by atoms with E-state index in [9.17, 15) is 4.79 Å². The van der Waals surface area contributed by atoms with Gasteiger partial charge in [0.2, 0.25) is 5.91 Å². The number of benzene rings is 1. The Morgan fingerprint density at radius 3 is 2.47 bits per heavy atom. The van der Waals surface area contributed by atoms with E-state index in [-0.39, 0.29) is 18.4 Å². The summed E-state index contributed by atoms with van der Waals surface area (Å²) < 4.78 is 0. The lowest BCUT2D eigenvalue weighted by Crippen LogP contribution is -2.33. The highest BCUT2D eigenvalue weighted by molar-refractivity contribution is 5.83. The van der Waals surface area contributed by atoms with Crippen LogP contribution in [-0.4, -0.2) is 17.4 Å². The lowest BCUT2D eigenvalue weighted by atomic mass is 9.99. The monoisotopic (exact) mass is 255 g/mol. The van der Waals surface area contributed by atoms with E-state index >= 15 is 0 Å². The molecule has 1 atom stereocenters. The molecule has 0 aliphatic carbocycles. The van der Waals surface area contributed by atoms with Crippen molar-refractivity contribution in [2.24, 2.45) is 5.73 Å². The summed E-state index contributed by atoms with van der Waals surface area (Å²) in [7, 11) is 0. The Labute approximate surface area is 112 Å². The zero-order valence-corrected chi connectivity index (χ0v) is 10.6. The highest BCUT2D eigenvalue weighted by Crippen LogP contribution is 2.13. The molecule has 0 aliphatic heterocycles. The van der Waals surface area contributed by atoms with E-state index in [1.54, 1.807) is 12.4 Å². The summed E-state index contributed by atoms with van der Waals surface area (Å²) in [6.45, 7) is 0.798. The number of hydrogen-bond acceptors (Lipinski definition) is 3. The van der Waals surface area contributed by atoms with Gasteiger partial charge in [-0.2, -0.15) is 0 Å². The first-order valence-electron chi connectivity index (χ1n) is 6.23. The molecule has 0 saturated heterocycles. The fourth-order valence-corrected chi connectivity index (χ4v) is 1.90. The summed E-state index contributed by atoms with van der Waals surface area (Å²) in [6.07, 6.45) is 3.34. The second-order valence-corrected chi connectivity index (χ2v) is 4.27. The van der Waals surface area contributed by atoms with Gasteiger partial charge in [0.05, 0.1) is 5.92 Å². The van der Waals surface area contributed by atoms with Crippen molar-refractivity contribution in [2.75, 3.05) is 6.54 Å². The number of carbonyl (C=O) groups excluding carboxylic acids is 1. The average Bonchev–Trinajstić information content (AvgIpc) is 2.48. The van der Waals surface area contributed by atoms with Gasteiger partial charge >= 0.3 is 0 Å². The van der Waals surface area contributed by atoms with Crippen molar-refractivity contribution in [3.63, 3.8) is 0 Å². The van der Waals surface area contributed by atoms with Crippen LogP contribution in [0.3, 0.4) is 0 Å². The Bertz CT molecular complexity index is 513. The number of aromatic nitrogens is 1. The number of nitrogens with two attached hydrogens (primary N) is 1.